The largest absolute Gasteiger partial charge is 0.463 e. The lowest BCUT2D eigenvalue weighted by atomic mass is 10.4. The molecule has 0 atom stereocenters. The van der Waals surface area contributed by atoms with Gasteiger partial charge in [0.1, 0.15) is 15.6 Å². The molecular weight excluding hydrogens is 246 g/mol. The fourth-order valence-corrected chi connectivity index (χ4v) is 1.67. The summed E-state index contributed by atoms with van der Waals surface area (Å²) in [4.78, 5) is 11.1. The third-order valence-electron chi connectivity index (χ3n) is 2.00. The number of ether oxygens (including phenoxy) is 1. The Bertz CT molecular complexity index is 477. The summed E-state index contributed by atoms with van der Waals surface area (Å²) in [5.74, 6) is 0.219. The first-order valence-electron chi connectivity index (χ1n) is 4.98. The van der Waals surface area contributed by atoms with E-state index in [1.807, 2.05) is 0 Å². The van der Waals surface area contributed by atoms with Gasteiger partial charge in [-0.3, -0.25) is 0 Å². The minimum Gasteiger partial charge on any atom is -0.463 e. The molecule has 0 spiro atoms. The molecule has 0 unspecified atom stereocenters. The SMILES string of the molecule is COC(=O)c1ccc(CNCCS(C)(=O)=O)o1. The summed E-state index contributed by atoms with van der Waals surface area (Å²) in [6, 6.07) is 3.15. The van der Waals surface area contributed by atoms with Crippen LogP contribution < -0.4 is 5.32 Å². The van der Waals surface area contributed by atoms with Crippen LogP contribution in [0.5, 0.6) is 0 Å². The number of esters is 1. The first kappa shape index (κ1) is 13.7. The van der Waals surface area contributed by atoms with E-state index in [1.54, 1.807) is 6.07 Å². The molecule has 0 aromatic carbocycles. The van der Waals surface area contributed by atoms with Gasteiger partial charge in [0.15, 0.2) is 0 Å². The molecule has 0 saturated carbocycles. The van der Waals surface area contributed by atoms with Crippen molar-refractivity contribution >= 4 is 15.8 Å². The van der Waals surface area contributed by atoms with Crippen LogP contribution in [0.1, 0.15) is 16.3 Å². The van der Waals surface area contributed by atoms with Gasteiger partial charge >= 0.3 is 5.97 Å². The molecule has 1 heterocycles. The summed E-state index contributed by atoms with van der Waals surface area (Å²) in [7, 11) is -1.69. The van der Waals surface area contributed by atoms with E-state index >= 15 is 0 Å². The Morgan fingerprint density at radius 3 is 2.76 bits per heavy atom. The normalized spacial score (nSPS) is 11.4. The molecular formula is C10H15NO5S. The number of furan rings is 1. The topological polar surface area (TPSA) is 85.6 Å². The number of carbonyl (C=O) groups is 1. The molecule has 1 aromatic rings. The quantitative estimate of drug-likeness (QED) is 0.581. The van der Waals surface area contributed by atoms with Gasteiger partial charge in [0.25, 0.3) is 0 Å². The lowest BCUT2D eigenvalue weighted by molar-refractivity contribution is 0.0563. The van der Waals surface area contributed by atoms with E-state index < -0.39 is 15.8 Å². The second-order valence-electron chi connectivity index (χ2n) is 3.56. The zero-order valence-electron chi connectivity index (χ0n) is 9.73. The second kappa shape index (κ2) is 5.83. The van der Waals surface area contributed by atoms with Crippen molar-refractivity contribution < 1.29 is 22.4 Å². The number of methoxy groups -OCH3 is 1. The van der Waals surface area contributed by atoms with Crippen molar-refractivity contribution in [1.82, 2.24) is 5.32 Å². The molecule has 0 fully saturated rings. The Labute approximate surface area is 99.9 Å². The summed E-state index contributed by atoms with van der Waals surface area (Å²) >= 11 is 0. The fraction of sp³-hybridized carbons (Fsp3) is 0.500. The maximum absolute atomic E-state index is 11.1. The molecule has 6 nitrogen and oxygen atoms in total. The predicted molar refractivity (Wildman–Crippen MR) is 61.5 cm³/mol. The Kier molecular flexibility index (Phi) is 4.71. The lowest BCUT2D eigenvalue weighted by Gasteiger charge is -2.01. The van der Waals surface area contributed by atoms with Gasteiger partial charge in [-0.05, 0) is 12.1 Å². The lowest BCUT2D eigenvalue weighted by Crippen LogP contribution is -2.21. The molecule has 96 valence electrons. The first-order valence-corrected chi connectivity index (χ1v) is 7.04. The van der Waals surface area contributed by atoms with Gasteiger partial charge in [-0.2, -0.15) is 0 Å². The minimum absolute atomic E-state index is 0.0670. The summed E-state index contributed by atoms with van der Waals surface area (Å²) < 4.78 is 31.4. The van der Waals surface area contributed by atoms with Crippen molar-refractivity contribution in [1.29, 1.82) is 0 Å². The standard InChI is InChI=1S/C10H15NO5S/c1-15-10(12)9-4-3-8(16-9)7-11-5-6-17(2,13)14/h3-4,11H,5-7H2,1-2H3. The predicted octanol–water partition coefficient (Wildman–Crippen LogP) is 0.200. The van der Waals surface area contributed by atoms with Gasteiger partial charge in [0, 0.05) is 12.8 Å². The number of hydrogen-bond acceptors (Lipinski definition) is 6. The zero-order chi connectivity index (χ0) is 12.9. The molecule has 1 aromatic heterocycles. The maximum atomic E-state index is 11.1. The Morgan fingerprint density at radius 2 is 2.18 bits per heavy atom. The molecule has 7 heteroatoms. The molecule has 0 aliphatic heterocycles. The first-order chi connectivity index (χ1) is 7.92. The third-order valence-corrected chi connectivity index (χ3v) is 2.94. The van der Waals surface area contributed by atoms with Crippen molar-refractivity contribution in [3.63, 3.8) is 0 Å². The van der Waals surface area contributed by atoms with Crippen molar-refractivity contribution in [2.24, 2.45) is 0 Å². The van der Waals surface area contributed by atoms with E-state index in [4.69, 9.17) is 4.42 Å². The second-order valence-corrected chi connectivity index (χ2v) is 5.82. The van der Waals surface area contributed by atoms with Crippen LogP contribution in [0, 0.1) is 0 Å². The van der Waals surface area contributed by atoms with Crippen LogP contribution in [0.3, 0.4) is 0 Å². The van der Waals surface area contributed by atoms with Crippen molar-refractivity contribution in [2.75, 3.05) is 25.7 Å². The van der Waals surface area contributed by atoms with E-state index in [1.165, 1.54) is 19.4 Å². The Hall–Kier alpha value is -1.34. The fourth-order valence-electron chi connectivity index (χ4n) is 1.15. The Balaban J connectivity index is 2.38. The summed E-state index contributed by atoms with van der Waals surface area (Å²) in [5, 5.41) is 2.90. The van der Waals surface area contributed by atoms with Crippen molar-refractivity contribution in [2.45, 2.75) is 6.54 Å². The van der Waals surface area contributed by atoms with E-state index in [2.05, 4.69) is 10.1 Å². The summed E-state index contributed by atoms with van der Waals surface area (Å²) in [5.41, 5.74) is 0. The van der Waals surface area contributed by atoms with Crippen LogP contribution >= 0.6 is 0 Å². The maximum Gasteiger partial charge on any atom is 0.373 e. The molecule has 0 amide bonds. The zero-order valence-corrected chi connectivity index (χ0v) is 10.5. The van der Waals surface area contributed by atoms with E-state index in [0.717, 1.165) is 0 Å². The monoisotopic (exact) mass is 261 g/mol. The average Bonchev–Trinajstić information content (AvgIpc) is 2.70. The van der Waals surface area contributed by atoms with E-state index in [0.29, 0.717) is 18.8 Å². The highest BCUT2D eigenvalue weighted by atomic mass is 32.2. The molecule has 0 bridgehead atoms. The summed E-state index contributed by atoms with van der Waals surface area (Å²) in [6.45, 7) is 0.708. The highest BCUT2D eigenvalue weighted by molar-refractivity contribution is 7.90. The van der Waals surface area contributed by atoms with Crippen molar-refractivity contribution in [3.05, 3.63) is 23.7 Å². The molecule has 0 saturated heterocycles. The molecule has 1 rings (SSSR count). The number of sulfone groups is 1. The summed E-state index contributed by atoms with van der Waals surface area (Å²) in [6.07, 6.45) is 1.18. The Morgan fingerprint density at radius 1 is 1.47 bits per heavy atom. The molecule has 0 aliphatic rings. The number of carbonyl (C=O) groups excluding carboxylic acids is 1. The highest BCUT2D eigenvalue weighted by Crippen LogP contribution is 2.08. The minimum atomic E-state index is -2.96. The van der Waals surface area contributed by atoms with Crippen LogP contribution in [-0.4, -0.2) is 40.1 Å². The van der Waals surface area contributed by atoms with Crippen molar-refractivity contribution in [3.8, 4) is 0 Å². The highest BCUT2D eigenvalue weighted by Gasteiger charge is 2.10. The van der Waals surface area contributed by atoms with Gasteiger partial charge in [-0.25, -0.2) is 13.2 Å². The van der Waals surface area contributed by atoms with Crippen LogP contribution in [-0.2, 0) is 21.1 Å². The molecule has 17 heavy (non-hydrogen) atoms. The van der Waals surface area contributed by atoms with Gasteiger partial charge < -0.3 is 14.5 Å². The van der Waals surface area contributed by atoms with Gasteiger partial charge in [0.2, 0.25) is 5.76 Å². The molecule has 0 radical (unpaired) electrons. The number of rotatable bonds is 6. The van der Waals surface area contributed by atoms with Crippen LogP contribution in [0.2, 0.25) is 0 Å². The van der Waals surface area contributed by atoms with Gasteiger partial charge in [0.05, 0.1) is 19.4 Å². The average molecular weight is 261 g/mol. The van der Waals surface area contributed by atoms with Crippen LogP contribution in [0.15, 0.2) is 16.5 Å². The van der Waals surface area contributed by atoms with E-state index in [-0.39, 0.29) is 11.5 Å². The van der Waals surface area contributed by atoms with Gasteiger partial charge in [-0.15, -0.1) is 0 Å². The van der Waals surface area contributed by atoms with E-state index in [9.17, 15) is 13.2 Å². The third kappa shape index (κ3) is 5.01. The van der Waals surface area contributed by atoms with Crippen LogP contribution in [0.25, 0.3) is 0 Å². The van der Waals surface area contributed by atoms with Gasteiger partial charge in [-0.1, -0.05) is 0 Å². The molecule has 0 aliphatic carbocycles. The van der Waals surface area contributed by atoms with Crippen LogP contribution in [0.4, 0.5) is 0 Å². The molecule has 1 N–H and O–H groups in total. The smallest absolute Gasteiger partial charge is 0.373 e. The number of nitrogens with one attached hydrogen (secondary N) is 1. The number of hydrogen-bond donors (Lipinski definition) is 1.